The largest absolute Gasteiger partial charge is 0.496 e. The maximum atomic E-state index is 11.7. The third-order valence-corrected chi connectivity index (χ3v) is 2.58. The van der Waals surface area contributed by atoms with Crippen LogP contribution in [0, 0.1) is 6.92 Å². The van der Waals surface area contributed by atoms with Crippen molar-refractivity contribution in [2.24, 2.45) is 0 Å². The molecule has 1 aromatic carbocycles. The van der Waals surface area contributed by atoms with E-state index in [1.165, 1.54) is 0 Å². The number of aryl methyl sites for hydroxylation is 1. The summed E-state index contributed by atoms with van der Waals surface area (Å²) in [7, 11) is 5.42. The second kappa shape index (κ2) is 5.12. The van der Waals surface area contributed by atoms with E-state index in [-0.39, 0.29) is 11.8 Å². The van der Waals surface area contributed by atoms with Crippen LogP contribution in [-0.2, 0) is 4.79 Å². The van der Waals surface area contributed by atoms with Gasteiger partial charge < -0.3 is 4.74 Å². The summed E-state index contributed by atoms with van der Waals surface area (Å²) in [4.78, 5) is 13.6. The van der Waals surface area contributed by atoms with Gasteiger partial charge in [-0.25, -0.2) is 0 Å². The molecule has 0 saturated heterocycles. The lowest BCUT2D eigenvalue weighted by Gasteiger charge is -2.24. The average molecular weight is 221 g/mol. The predicted octanol–water partition coefficient (Wildman–Crippen LogP) is 2.20. The molecule has 0 amide bonds. The van der Waals surface area contributed by atoms with Crippen LogP contribution in [-0.4, -0.2) is 31.9 Å². The smallest absolute Gasteiger partial charge is 0.151 e. The third kappa shape index (κ3) is 2.61. The Morgan fingerprint density at radius 3 is 2.44 bits per heavy atom. The van der Waals surface area contributed by atoms with E-state index in [1.807, 2.05) is 44.1 Å². The number of methoxy groups -OCH3 is 1. The number of carbonyl (C=O) groups is 1. The molecule has 1 unspecified atom stereocenters. The first-order chi connectivity index (χ1) is 7.47. The van der Waals surface area contributed by atoms with Crippen LogP contribution in [0.15, 0.2) is 18.2 Å². The molecule has 3 heteroatoms. The van der Waals surface area contributed by atoms with E-state index in [0.29, 0.717) is 0 Å². The van der Waals surface area contributed by atoms with Crippen LogP contribution in [0.2, 0.25) is 0 Å². The molecule has 16 heavy (non-hydrogen) atoms. The number of nitrogens with zero attached hydrogens (tertiary/aromatic N) is 1. The van der Waals surface area contributed by atoms with Gasteiger partial charge in [-0.1, -0.05) is 17.7 Å². The Morgan fingerprint density at radius 1 is 1.38 bits per heavy atom. The van der Waals surface area contributed by atoms with Gasteiger partial charge in [0.05, 0.1) is 13.2 Å². The molecule has 0 heterocycles. The quantitative estimate of drug-likeness (QED) is 0.780. The number of carbonyl (C=O) groups excluding carboxylic acids is 1. The summed E-state index contributed by atoms with van der Waals surface area (Å²) in [5.74, 6) is 0.883. The molecule has 1 aromatic rings. The lowest BCUT2D eigenvalue weighted by molar-refractivity contribution is -0.121. The number of ether oxygens (including phenoxy) is 1. The Balaban J connectivity index is 3.26. The topological polar surface area (TPSA) is 29.5 Å². The van der Waals surface area contributed by atoms with Crippen molar-refractivity contribution in [3.05, 3.63) is 29.3 Å². The average Bonchev–Trinajstić information content (AvgIpc) is 2.17. The standard InChI is InChI=1S/C13H19NO2/c1-9-6-7-12(16-5)11(8-9)13(10(2)15)14(3)4/h6-8,13H,1-5H3. The zero-order valence-corrected chi connectivity index (χ0v) is 10.6. The van der Waals surface area contributed by atoms with Crippen molar-refractivity contribution in [1.29, 1.82) is 0 Å². The Bertz CT molecular complexity index is 386. The van der Waals surface area contributed by atoms with Crippen molar-refractivity contribution in [3.63, 3.8) is 0 Å². The highest BCUT2D eigenvalue weighted by atomic mass is 16.5. The highest BCUT2D eigenvalue weighted by molar-refractivity contribution is 5.83. The summed E-state index contributed by atoms with van der Waals surface area (Å²) in [6.45, 7) is 3.61. The molecule has 88 valence electrons. The minimum atomic E-state index is -0.241. The zero-order chi connectivity index (χ0) is 12.3. The number of likely N-dealkylation sites (N-methyl/N-ethyl adjacent to an activating group) is 1. The van der Waals surface area contributed by atoms with Gasteiger partial charge in [0.1, 0.15) is 5.75 Å². The zero-order valence-electron chi connectivity index (χ0n) is 10.6. The molecule has 0 aliphatic rings. The molecule has 0 fully saturated rings. The summed E-state index contributed by atoms with van der Waals surface area (Å²) < 4.78 is 5.30. The Morgan fingerprint density at radius 2 is 2.00 bits per heavy atom. The van der Waals surface area contributed by atoms with Gasteiger partial charge in [-0.3, -0.25) is 9.69 Å². The minimum Gasteiger partial charge on any atom is -0.496 e. The fourth-order valence-corrected chi connectivity index (χ4v) is 1.93. The number of hydrogen-bond donors (Lipinski definition) is 0. The molecule has 0 bridgehead atoms. The van der Waals surface area contributed by atoms with Crippen LogP contribution in [0.25, 0.3) is 0 Å². The van der Waals surface area contributed by atoms with Crippen LogP contribution < -0.4 is 4.74 Å². The SMILES string of the molecule is COc1ccc(C)cc1C(C(C)=O)N(C)C. The molecule has 0 saturated carbocycles. The maximum absolute atomic E-state index is 11.7. The summed E-state index contributed by atoms with van der Waals surface area (Å²) in [6, 6.07) is 5.65. The van der Waals surface area contributed by atoms with Gasteiger partial charge in [-0.05, 0) is 34.0 Å². The molecule has 0 aliphatic heterocycles. The van der Waals surface area contributed by atoms with Crippen molar-refractivity contribution in [1.82, 2.24) is 4.90 Å². The van der Waals surface area contributed by atoms with E-state index < -0.39 is 0 Å². The summed E-state index contributed by atoms with van der Waals surface area (Å²) >= 11 is 0. The molecular formula is C13H19NO2. The van der Waals surface area contributed by atoms with E-state index >= 15 is 0 Å². The van der Waals surface area contributed by atoms with E-state index in [0.717, 1.165) is 16.9 Å². The Labute approximate surface area is 97.0 Å². The lowest BCUT2D eigenvalue weighted by atomic mass is 9.99. The van der Waals surface area contributed by atoms with Crippen molar-refractivity contribution >= 4 is 5.78 Å². The van der Waals surface area contributed by atoms with E-state index in [1.54, 1.807) is 14.0 Å². The second-order valence-electron chi connectivity index (χ2n) is 4.22. The van der Waals surface area contributed by atoms with Gasteiger partial charge in [0.2, 0.25) is 0 Å². The maximum Gasteiger partial charge on any atom is 0.151 e. The number of ketones is 1. The molecule has 1 atom stereocenters. The van der Waals surface area contributed by atoms with Crippen molar-refractivity contribution in [3.8, 4) is 5.75 Å². The monoisotopic (exact) mass is 221 g/mol. The van der Waals surface area contributed by atoms with Gasteiger partial charge >= 0.3 is 0 Å². The molecule has 1 rings (SSSR count). The summed E-state index contributed by atoms with van der Waals surface area (Å²) in [5.41, 5.74) is 2.06. The normalized spacial score (nSPS) is 12.6. The molecule has 3 nitrogen and oxygen atoms in total. The minimum absolute atomic E-state index is 0.119. The van der Waals surface area contributed by atoms with Crippen LogP contribution in [0.4, 0.5) is 0 Å². The fourth-order valence-electron chi connectivity index (χ4n) is 1.93. The Kier molecular flexibility index (Phi) is 4.07. The van der Waals surface area contributed by atoms with E-state index in [9.17, 15) is 4.79 Å². The highest BCUT2D eigenvalue weighted by Gasteiger charge is 2.22. The van der Waals surface area contributed by atoms with Gasteiger partial charge in [-0.15, -0.1) is 0 Å². The van der Waals surface area contributed by atoms with Gasteiger partial charge in [0.15, 0.2) is 5.78 Å². The molecule has 0 spiro atoms. The van der Waals surface area contributed by atoms with Crippen molar-refractivity contribution in [2.75, 3.05) is 21.2 Å². The number of Topliss-reactive ketones (excluding diaryl/α,β-unsaturated/α-hetero) is 1. The third-order valence-electron chi connectivity index (χ3n) is 2.58. The van der Waals surface area contributed by atoms with Crippen LogP contribution >= 0.6 is 0 Å². The molecule has 0 N–H and O–H groups in total. The number of benzene rings is 1. The van der Waals surface area contributed by atoms with Crippen LogP contribution in [0.5, 0.6) is 5.75 Å². The van der Waals surface area contributed by atoms with Crippen LogP contribution in [0.3, 0.4) is 0 Å². The first-order valence-corrected chi connectivity index (χ1v) is 5.28. The second-order valence-corrected chi connectivity index (χ2v) is 4.22. The van der Waals surface area contributed by atoms with E-state index in [2.05, 4.69) is 0 Å². The first kappa shape index (κ1) is 12.7. The summed E-state index contributed by atoms with van der Waals surface area (Å²) in [6.07, 6.45) is 0. The van der Waals surface area contributed by atoms with Crippen molar-refractivity contribution < 1.29 is 9.53 Å². The predicted molar refractivity (Wildman–Crippen MR) is 64.8 cm³/mol. The summed E-state index contributed by atoms with van der Waals surface area (Å²) in [5, 5.41) is 0. The molecular weight excluding hydrogens is 202 g/mol. The molecule has 0 radical (unpaired) electrons. The van der Waals surface area contributed by atoms with Crippen molar-refractivity contribution in [2.45, 2.75) is 19.9 Å². The lowest BCUT2D eigenvalue weighted by Crippen LogP contribution is -2.26. The van der Waals surface area contributed by atoms with Gasteiger partial charge in [-0.2, -0.15) is 0 Å². The fraction of sp³-hybridized carbons (Fsp3) is 0.462. The highest BCUT2D eigenvalue weighted by Crippen LogP contribution is 2.29. The Hall–Kier alpha value is -1.35. The molecule has 0 aliphatic carbocycles. The molecule has 0 aromatic heterocycles. The first-order valence-electron chi connectivity index (χ1n) is 5.28. The van der Waals surface area contributed by atoms with Gasteiger partial charge in [0, 0.05) is 5.56 Å². The van der Waals surface area contributed by atoms with E-state index in [4.69, 9.17) is 4.74 Å². The van der Waals surface area contributed by atoms with Gasteiger partial charge in [0.25, 0.3) is 0 Å². The van der Waals surface area contributed by atoms with Crippen LogP contribution in [0.1, 0.15) is 24.1 Å². The number of hydrogen-bond acceptors (Lipinski definition) is 3. The number of rotatable bonds is 4.